The number of carbonyl (C=O) groups is 1. The van der Waals surface area contributed by atoms with Gasteiger partial charge in [0.25, 0.3) is 0 Å². The number of carbonyl (C=O) groups excluding carboxylic acids is 1. The molecule has 9 heteroatoms. The highest BCUT2D eigenvalue weighted by molar-refractivity contribution is 6.04. The van der Waals surface area contributed by atoms with E-state index >= 15 is 0 Å². The number of nitrogens with zero attached hydrogens (tertiary/aromatic N) is 5. The SMILES string of the molecule is C=C(CC)CCN(CC1(C)CC1)c1ccnc2c1CCN2C(=O)Nc1cc(C=NC)c(N)nc1OC. The monoisotopic (exact) mass is 491 g/mol. The van der Waals surface area contributed by atoms with E-state index in [2.05, 4.69) is 51.7 Å². The lowest BCUT2D eigenvalue weighted by Gasteiger charge is -2.30. The Kier molecular flexibility index (Phi) is 7.47. The van der Waals surface area contributed by atoms with E-state index in [0.29, 0.717) is 29.0 Å². The second kappa shape index (κ2) is 10.6. The quantitative estimate of drug-likeness (QED) is 0.369. The predicted octanol–water partition coefficient (Wildman–Crippen LogP) is 4.67. The third-order valence-electron chi connectivity index (χ3n) is 7.10. The van der Waals surface area contributed by atoms with Gasteiger partial charge in [0.1, 0.15) is 17.3 Å². The molecule has 1 saturated carbocycles. The van der Waals surface area contributed by atoms with Gasteiger partial charge in [0.05, 0.1) is 7.11 Å². The molecule has 1 fully saturated rings. The number of nitrogen functional groups attached to an aromatic ring is 1. The average Bonchev–Trinajstić information content (AvgIpc) is 3.43. The predicted molar refractivity (Wildman–Crippen MR) is 147 cm³/mol. The standard InChI is InChI=1S/C27H37N7O2/c1-6-18(2)8-13-33(17-27(3)10-11-27)22-7-12-30-24-20(22)9-14-34(24)26(35)31-21-15-19(16-29-4)23(28)32-25(21)36-5/h7,12,15-16H,2,6,8-11,13-14,17H2,1,3-5H3,(H2,28,32)(H,31,35). The van der Waals surface area contributed by atoms with E-state index in [1.165, 1.54) is 31.2 Å². The van der Waals surface area contributed by atoms with Crippen molar-refractivity contribution in [1.82, 2.24) is 9.97 Å². The van der Waals surface area contributed by atoms with Crippen molar-refractivity contribution in [3.8, 4) is 5.88 Å². The number of urea groups is 1. The zero-order valence-electron chi connectivity index (χ0n) is 21.8. The molecular formula is C27H37N7O2. The van der Waals surface area contributed by atoms with Gasteiger partial charge < -0.3 is 20.7 Å². The molecule has 4 rings (SSSR count). The van der Waals surface area contributed by atoms with Crippen LogP contribution in [0.1, 0.15) is 50.7 Å². The van der Waals surface area contributed by atoms with Gasteiger partial charge in [-0.05, 0) is 49.7 Å². The molecule has 3 N–H and O–H groups in total. The van der Waals surface area contributed by atoms with Crippen molar-refractivity contribution in [2.45, 2.75) is 46.0 Å². The topological polar surface area (TPSA) is 109 Å². The summed E-state index contributed by atoms with van der Waals surface area (Å²) in [5, 5.41) is 2.93. The summed E-state index contributed by atoms with van der Waals surface area (Å²) in [6.07, 6.45) is 8.60. The number of nitrogens with two attached hydrogens (primary N) is 1. The average molecular weight is 492 g/mol. The van der Waals surface area contributed by atoms with Gasteiger partial charge in [-0.15, -0.1) is 0 Å². The van der Waals surface area contributed by atoms with Crippen molar-refractivity contribution < 1.29 is 9.53 Å². The molecule has 2 amide bonds. The molecule has 2 aliphatic rings. The van der Waals surface area contributed by atoms with Crippen molar-refractivity contribution in [1.29, 1.82) is 0 Å². The molecule has 0 bridgehead atoms. The first kappa shape index (κ1) is 25.5. The number of hydrogen-bond donors (Lipinski definition) is 2. The molecule has 0 unspecified atom stereocenters. The van der Waals surface area contributed by atoms with E-state index in [9.17, 15) is 4.79 Å². The minimum absolute atomic E-state index is 0.246. The van der Waals surface area contributed by atoms with E-state index < -0.39 is 0 Å². The van der Waals surface area contributed by atoms with Gasteiger partial charge in [0, 0.05) is 55.9 Å². The summed E-state index contributed by atoms with van der Waals surface area (Å²) in [6, 6.07) is 3.51. The molecule has 2 aromatic rings. The van der Waals surface area contributed by atoms with Crippen LogP contribution in [0.3, 0.4) is 0 Å². The summed E-state index contributed by atoms with van der Waals surface area (Å²) in [5.74, 6) is 1.22. The zero-order chi connectivity index (χ0) is 25.9. The molecule has 1 aliphatic carbocycles. The van der Waals surface area contributed by atoms with Crippen LogP contribution in [-0.4, -0.2) is 56.0 Å². The van der Waals surface area contributed by atoms with Crippen LogP contribution in [0.15, 0.2) is 35.5 Å². The Balaban J connectivity index is 1.59. The Bertz CT molecular complexity index is 1170. The summed E-state index contributed by atoms with van der Waals surface area (Å²) in [7, 11) is 3.14. The normalized spacial score (nSPS) is 15.6. The smallest absolute Gasteiger partial charge is 0.327 e. The number of pyridine rings is 2. The lowest BCUT2D eigenvalue weighted by atomic mass is 10.1. The third kappa shape index (κ3) is 5.45. The number of ether oxygens (including phenoxy) is 1. The fourth-order valence-electron chi connectivity index (χ4n) is 4.55. The minimum atomic E-state index is -0.289. The van der Waals surface area contributed by atoms with Gasteiger partial charge in [-0.3, -0.25) is 9.89 Å². The van der Waals surface area contributed by atoms with Gasteiger partial charge >= 0.3 is 6.03 Å². The molecule has 0 aromatic carbocycles. The number of aromatic nitrogens is 2. The van der Waals surface area contributed by atoms with Crippen LogP contribution in [0.2, 0.25) is 0 Å². The Morgan fingerprint density at radius 1 is 1.44 bits per heavy atom. The van der Waals surface area contributed by atoms with E-state index in [-0.39, 0.29) is 17.7 Å². The maximum absolute atomic E-state index is 13.4. The molecule has 0 radical (unpaired) electrons. The lowest BCUT2D eigenvalue weighted by molar-refractivity contribution is 0.257. The summed E-state index contributed by atoms with van der Waals surface area (Å²) in [4.78, 5) is 30.4. The van der Waals surface area contributed by atoms with Crippen LogP contribution in [0.25, 0.3) is 0 Å². The molecule has 36 heavy (non-hydrogen) atoms. The second-order valence-corrected chi connectivity index (χ2v) is 9.96. The van der Waals surface area contributed by atoms with E-state index in [1.807, 2.05) is 0 Å². The Morgan fingerprint density at radius 3 is 2.89 bits per heavy atom. The molecular weight excluding hydrogens is 454 g/mol. The van der Waals surface area contributed by atoms with Crippen molar-refractivity contribution >= 4 is 35.3 Å². The van der Waals surface area contributed by atoms with Gasteiger partial charge in [-0.25, -0.2) is 9.78 Å². The van der Waals surface area contributed by atoms with Crippen LogP contribution in [-0.2, 0) is 6.42 Å². The maximum Gasteiger partial charge on any atom is 0.327 e. The summed E-state index contributed by atoms with van der Waals surface area (Å²) in [5.41, 5.74) is 10.9. The maximum atomic E-state index is 13.4. The molecule has 9 nitrogen and oxygen atoms in total. The lowest BCUT2D eigenvalue weighted by Crippen LogP contribution is -2.34. The summed E-state index contributed by atoms with van der Waals surface area (Å²) < 4.78 is 5.35. The fraction of sp³-hybridized carbons (Fsp3) is 0.481. The highest BCUT2D eigenvalue weighted by Gasteiger charge is 2.40. The largest absolute Gasteiger partial charge is 0.479 e. The van der Waals surface area contributed by atoms with Crippen molar-refractivity contribution in [3.63, 3.8) is 0 Å². The first-order valence-corrected chi connectivity index (χ1v) is 12.5. The van der Waals surface area contributed by atoms with Gasteiger partial charge in [0.2, 0.25) is 5.88 Å². The summed E-state index contributed by atoms with van der Waals surface area (Å²) in [6.45, 7) is 11.2. The fourth-order valence-corrected chi connectivity index (χ4v) is 4.55. The Morgan fingerprint density at radius 2 is 2.22 bits per heavy atom. The van der Waals surface area contributed by atoms with Crippen molar-refractivity contribution in [3.05, 3.63) is 41.6 Å². The molecule has 0 spiro atoms. The Labute approximate surface area is 213 Å². The van der Waals surface area contributed by atoms with E-state index in [4.69, 9.17) is 10.5 Å². The van der Waals surface area contributed by atoms with Crippen molar-refractivity contribution in [2.24, 2.45) is 10.4 Å². The van der Waals surface area contributed by atoms with Crippen LogP contribution >= 0.6 is 0 Å². The highest BCUT2D eigenvalue weighted by atomic mass is 16.5. The minimum Gasteiger partial charge on any atom is -0.479 e. The number of methoxy groups -OCH3 is 1. The van der Waals surface area contributed by atoms with E-state index in [1.54, 1.807) is 30.4 Å². The Hall–Kier alpha value is -3.62. The van der Waals surface area contributed by atoms with Crippen LogP contribution in [0, 0.1) is 5.41 Å². The van der Waals surface area contributed by atoms with Gasteiger partial charge in [0.15, 0.2) is 0 Å². The molecule has 0 saturated heterocycles. The molecule has 2 aromatic heterocycles. The van der Waals surface area contributed by atoms with Gasteiger partial charge in [-0.2, -0.15) is 4.98 Å². The second-order valence-electron chi connectivity index (χ2n) is 9.96. The number of anilines is 4. The molecule has 192 valence electrons. The first-order chi connectivity index (χ1) is 17.3. The number of hydrogen-bond acceptors (Lipinski definition) is 7. The van der Waals surface area contributed by atoms with Gasteiger partial charge in [-0.1, -0.05) is 26.0 Å². The van der Waals surface area contributed by atoms with Crippen LogP contribution in [0.5, 0.6) is 5.88 Å². The third-order valence-corrected chi connectivity index (χ3v) is 7.10. The number of amides is 2. The number of nitrogens with one attached hydrogen (secondary N) is 1. The molecule has 1 aliphatic heterocycles. The zero-order valence-corrected chi connectivity index (χ0v) is 21.8. The number of fused-ring (bicyclic) bond motifs is 1. The summed E-state index contributed by atoms with van der Waals surface area (Å²) >= 11 is 0. The molecule has 3 heterocycles. The number of rotatable bonds is 10. The molecule has 0 atom stereocenters. The van der Waals surface area contributed by atoms with Crippen molar-refractivity contribution in [2.75, 3.05) is 54.6 Å². The highest BCUT2D eigenvalue weighted by Crippen LogP contribution is 2.47. The first-order valence-electron chi connectivity index (χ1n) is 12.5. The van der Waals surface area contributed by atoms with E-state index in [0.717, 1.165) is 37.9 Å². The van der Waals surface area contributed by atoms with Crippen LogP contribution in [0.4, 0.5) is 27.8 Å². The van der Waals surface area contributed by atoms with Crippen LogP contribution < -0.4 is 25.6 Å². The number of aliphatic imine (C=N–C) groups is 1.